The molecular weight excluding hydrogens is 426 g/mol. The molecule has 0 unspecified atom stereocenters. The number of hydrogen-bond donors (Lipinski definition) is 3. The Labute approximate surface area is 200 Å². The second-order valence-corrected chi connectivity index (χ2v) is 9.41. The molecule has 1 aliphatic carbocycles. The Balaban J connectivity index is 1.30. The molecule has 0 amide bonds. The van der Waals surface area contributed by atoms with Gasteiger partial charge in [-0.3, -0.25) is 0 Å². The smallest absolute Gasteiger partial charge is 0.182 e. The third-order valence-electron chi connectivity index (χ3n) is 6.95. The average Bonchev–Trinajstić information content (AvgIpc) is 3.24. The van der Waals surface area contributed by atoms with Crippen LogP contribution in [0, 0.1) is 6.92 Å². The van der Waals surface area contributed by atoms with Gasteiger partial charge in [0.15, 0.2) is 5.65 Å². The van der Waals surface area contributed by atoms with Crippen molar-refractivity contribution in [1.82, 2.24) is 24.8 Å². The first-order valence-corrected chi connectivity index (χ1v) is 12.0. The van der Waals surface area contributed by atoms with Crippen LogP contribution in [0.5, 0.6) is 5.75 Å². The van der Waals surface area contributed by atoms with Gasteiger partial charge in [0.2, 0.25) is 0 Å². The van der Waals surface area contributed by atoms with Crippen molar-refractivity contribution in [2.45, 2.75) is 51.2 Å². The molecule has 1 aromatic carbocycles. The summed E-state index contributed by atoms with van der Waals surface area (Å²) < 4.78 is 5.50. The highest BCUT2D eigenvalue weighted by Gasteiger charge is 2.22. The fourth-order valence-electron chi connectivity index (χ4n) is 4.99. The third kappa shape index (κ3) is 4.50. The number of pyridine rings is 1. The molecule has 0 saturated heterocycles. The molecule has 4 aromatic rings. The lowest BCUT2D eigenvalue weighted by atomic mass is 9.90. The van der Waals surface area contributed by atoms with Gasteiger partial charge in [0.25, 0.3) is 0 Å². The summed E-state index contributed by atoms with van der Waals surface area (Å²) in [6.45, 7) is 2.73. The van der Waals surface area contributed by atoms with Crippen LogP contribution in [0.1, 0.15) is 36.8 Å². The van der Waals surface area contributed by atoms with E-state index in [-0.39, 0.29) is 0 Å². The summed E-state index contributed by atoms with van der Waals surface area (Å²) in [5.74, 6) is 2.42. The average molecular weight is 460 g/mol. The molecule has 3 heterocycles. The van der Waals surface area contributed by atoms with Gasteiger partial charge in [0, 0.05) is 30.2 Å². The second-order valence-electron chi connectivity index (χ2n) is 9.41. The number of aromatic nitrogens is 4. The fraction of sp³-hybridized carbons (Fsp3) is 0.423. The molecule has 0 spiro atoms. The normalized spacial score (nSPS) is 18.5. The van der Waals surface area contributed by atoms with Crippen molar-refractivity contribution in [2.75, 3.05) is 31.8 Å². The predicted octanol–water partition coefficient (Wildman–Crippen LogP) is 4.72. The van der Waals surface area contributed by atoms with E-state index in [0.717, 1.165) is 35.4 Å². The lowest BCUT2D eigenvalue weighted by molar-refractivity contribution is 0.221. The minimum atomic E-state index is 0.456. The number of rotatable bonds is 7. The molecule has 8 nitrogen and oxygen atoms in total. The minimum absolute atomic E-state index is 0.456. The number of hydrogen-bond acceptors (Lipinski definition) is 7. The van der Waals surface area contributed by atoms with E-state index < -0.39 is 0 Å². The van der Waals surface area contributed by atoms with E-state index >= 15 is 0 Å². The zero-order valence-corrected chi connectivity index (χ0v) is 20.4. The standard InChI is InChI=1S/C26H33N7O/c1-16-13-29-25-21(34-4)11-5-17(24(16)25)14-28-23-15-27-20-10-12-22(31-26(20)32-23)30-18-6-8-19(9-7-18)33(2)3/h5,10-13,15,18-19,29H,6-9,14H2,1-4H3,(H2,28,30,31,32)/t18-,19-. The molecule has 0 aliphatic heterocycles. The number of benzene rings is 1. The van der Waals surface area contributed by atoms with Crippen LogP contribution in [0.4, 0.5) is 11.6 Å². The van der Waals surface area contributed by atoms with E-state index in [9.17, 15) is 0 Å². The van der Waals surface area contributed by atoms with Crippen LogP contribution in [0.25, 0.3) is 22.1 Å². The zero-order valence-electron chi connectivity index (χ0n) is 20.4. The van der Waals surface area contributed by atoms with Crippen LogP contribution >= 0.6 is 0 Å². The molecule has 1 aliphatic rings. The molecule has 1 saturated carbocycles. The van der Waals surface area contributed by atoms with Crippen LogP contribution in [0.3, 0.4) is 0 Å². The van der Waals surface area contributed by atoms with E-state index in [2.05, 4.69) is 52.6 Å². The molecule has 0 atom stereocenters. The predicted molar refractivity (Wildman–Crippen MR) is 138 cm³/mol. The largest absolute Gasteiger partial charge is 0.495 e. The number of aromatic amines is 1. The molecule has 3 aromatic heterocycles. The van der Waals surface area contributed by atoms with Crippen LogP contribution in [0.2, 0.25) is 0 Å². The van der Waals surface area contributed by atoms with Crippen LogP contribution in [-0.2, 0) is 6.54 Å². The van der Waals surface area contributed by atoms with Gasteiger partial charge in [-0.1, -0.05) is 6.07 Å². The van der Waals surface area contributed by atoms with Gasteiger partial charge in [-0.2, -0.15) is 0 Å². The van der Waals surface area contributed by atoms with Crippen molar-refractivity contribution < 1.29 is 4.74 Å². The van der Waals surface area contributed by atoms with Gasteiger partial charge in [0.05, 0.1) is 18.8 Å². The Morgan fingerprint density at radius 1 is 1.06 bits per heavy atom. The molecule has 178 valence electrons. The van der Waals surface area contributed by atoms with E-state index in [0.29, 0.717) is 30.1 Å². The molecular formula is C26H33N7O. The highest BCUT2D eigenvalue weighted by Crippen LogP contribution is 2.30. The number of aryl methyl sites for hydroxylation is 1. The summed E-state index contributed by atoms with van der Waals surface area (Å²) in [4.78, 5) is 19.7. The quantitative estimate of drug-likeness (QED) is 0.368. The van der Waals surface area contributed by atoms with Crippen LogP contribution in [0.15, 0.2) is 36.7 Å². The van der Waals surface area contributed by atoms with E-state index in [1.165, 1.54) is 29.4 Å². The fourth-order valence-corrected chi connectivity index (χ4v) is 4.99. The van der Waals surface area contributed by atoms with Crippen molar-refractivity contribution in [3.63, 3.8) is 0 Å². The van der Waals surface area contributed by atoms with Crippen molar-refractivity contribution in [3.05, 3.63) is 47.8 Å². The van der Waals surface area contributed by atoms with Crippen LogP contribution < -0.4 is 15.4 Å². The maximum absolute atomic E-state index is 5.50. The first-order chi connectivity index (χ1) is 16.5. The summed E-state index contributed by atoms with van der Waals surface area (Å²) in [5.41, 5.74) is 4.82. The summed E-state index contributed by atoms with van der Waals surface area (Å²) >= 11 is 0. The second kappa shape index (κ2) is 9.46. The summed E-state index contributed by atoms with van der Waals surface area (Å²) in [6, 6.07) is 9.22. The summed E-state index contributed by atoms with van der Waals surface area (Å²) in [5, 5.41) is 8.21. The number of nitrogens with one attached hydrogen (secondary N) is 3. The lowest BCUT2D eigenvalue weighted by Gasteiger charge is -2.33. The van der Waals surface area contributed by atoms with Crippen LogP contribution in [-0.4, -0.2) is 58.1 Å². The van der Waals surface area contributed by atoms with Gasteiger partial charge in [0.1, 0.15) is 22.9 Å². The van der Waals surface area contributed by atoms with Crippen molar-refractivity contribution in [1.29, 1.82) is 0 Å². The Kier molecular flexibility index (Phi) is 6.24. The molecule has 3 N–H and O–H groups in total. The van der Waals surface area contributed by atoms with Crippen molar-refractivity contribution in [3.8, 4) is 5.75 Å². The molecule has 0 radical (unpaired) electrons. The number of anilines is 2. The maximum atomic E-state index is 5.50. The topological polar surface area (TPSA) is 91.0 Å². The highest BCUT2D eigenvalue weighted by atomic mass is 16.5. The van der Waals surface area contributed by atoms with Crippen molar-refractivity contribution in [2.24, 2.45) is 0 Å². The Bertz CT molecular complexity index is 1290. The Morgan fingerprint density at radius 3 is 2.62 bits per heavy atom. The summed E-state index contributed by atoms with van der Waals surface area (Å²) in [6.07, 6.45) is 8.52. The monoisotopic (exact) mass is 459 g/mol. The van der Waals surface area contributed by atoms with Gasteiger partial charge in [-0.05, 0) is 76.0 Å². The molecule has 34 heavy (non-hydrogen) atoms. The van der Waals surface area contributed by atoms with E-state index in [1.54, 1.807) is 13.3 Å². The lowest BCUT2D eigenvalue weighted by Crippen LogP contribution is -2.36. The number of fused-ring (bicyclic) bond motifs is 2. The van der Waals surface area contributed by atoms with E-state index in [1.807, 2.05) is 24.4 Å². The van der Waals surface area contributed by atoms with Gasteiger partial charge >= 0.3 is 0 Å². The first kappa shape index (κ1) is 22.4. The Hall–Kier alpha value is -3.39. The maximum Gasteiger partial charge on any atom is 0.182 e. The number of H-pyrrole nitrogens is 1. The van der Waals surface area contributed by atoms with Gasteiger partial charge in [-0.15, -0.1) is 0 Å². The summed E-state index contributed by atoms with van der Waals surface area (Å²) in [7, 11) is 6.03. The minimum Gasteiger partial charge on any atom is -0.495 e. The molecule has 5 rings (SSSR count). The molecule has 1 fully saturated rings. The molecule has 0 bridgehead atoms. The van der Waals surface area contributed by atoms with Gasteiger partial charge < -0.3 is 25.3 Å². The number of nitrogens with zero attached hydrogens (tertiary/aromatic N) is 4. The first-order valence-electron chi connectivity index (χ1n) is 12.0. The third-order valence-corrected chi connectivity index (χ3v) is 6.95. The highest BCUT2D eigenvalue weighted by molar-refractivity contribution is 5.91. The van der Waals surface area contributed by atoms with E-state index in [4.69, 9.17) is 14.7 Å². The number of methoxy groups -OCH3 is 1. The zero-order chi connectivity index (χ0) is 23.7. The van der Waals surface area contributed by atoms with Crippen molar-refractivity contribution >= 4 is 33.7 Å². The van der Waals surface area contributed by atoms with Gasteiger partial charge in [-0.25, -0.2) is 15.0 Å². The number of ether oxygens (including phenoxy) is 1. The SMILES string of the molecule is COc1ccc(CNc2cnc3ccc(N[C@H]4CC[C@H](N(C)C)CC4)nc3n2)c2c(C)c[nH]c12. The Morgan fingerprint density at radius 2 is 1.85 bits per heavy atom. The molecule has 8 heteroatoms.